The molecule has 0 radical (unpaired) electrons. The van der Waals surface area contributed by atoms with Gasteiger partial charge in [0.1, 0.15) is 73.5 Å². The number of nitrogens with two attached hydrogens (primary N) is 4. The lowest BCUT2D eigenvalue weighted by Crippen LogP contribution is -2.53. The molecule has 0 saturated carbocycles. The van der Waals surface area contributed by atoms with E-state index in [1.165, 1.54) is 41.9 Å². The molecule has 113 heavy (non-hydrogen) atoms. The average Bonchev–Trinajstić information content (AvgIpc) is 1.70. The van der Waals surface area contributed by atoms with Gasteiger partial charge in [-0.15, -0.1) is 0 Å². The summed E-state index contributed by atoms with van der Waals surface area (Å²) in [4.78, 5) is 60.8. The number of nitrogens with one attached hydrogen (secondary N) is 3. The fraction of sp³-hybridized carbons (Fsp3) is 0.556. The molecule has 11 N–H and O–H groups in total. The zero-order valence-electron chi connectivity index (χ0n) is 71.5. The van der Waals surface area contributed by atoms with Gasteiger partial charge in [0, 0.05) is 171 Å². The van der Waals surface area contributed by atoms with Crippen molar-refractivity contribution in [3.63, 3.8) is 0 Å². The van der Waals surface area contributed by atoms with Crippen molar-refractivity contribution in [1.29, 1.82) is 0 Å². The van der Waals surface area contributed by atoms with Crippen LogP contribution in [0.5, 0.6) is 0 Å². The molecular weight excluding hydrogens is 1400 g/mol. The first-order chi connectivity index (χ1) is 53.9. The number of fused-ring (bicyclic) bond motifs is 12. The number of pyridine rings is 4. The molecule has 3 aliphatic heterocycles. The van der Waals surface area contributed by atoms with Crippen LogP contribution in [-0.2, 0) is 32.2 Å². The van der Waals surface area contributed by atoms with Gasteiger partial charge in [-0.2, -0.15) is 5.10 Å². The number of hydrogen-bond donors (Lipinski definition) is 7. The van der Waals surface area contributed by atoms with E-state index in [-0.39, 0.29) is 22.2 Å². The molecule has 11 heterocycles. The van der Waals surface area contributed by atoms with Crippen molar-refractivity contribution in [2.24, 2.45) is 0 Å². The van der Waals surface area contributed by atoms with E-state index in [0.29, 0.717) is 23.3 Å². The topological polar surface area (TPSA) is 282 Å². The summed E-state index contributed by atoms with van der Waals surface area (Å²) in [5, 5.41) is 10.2. The summed E-state index contributed by atoms with van der Waals surface area (Å²) in [6.45, 7) is 50.9. The number of unbranched alkanes of at least 4 members (excludes halogenated alkanes) is 6. The minimum Gasteiger partial charge on any atom is -0.382 e. The minimum atomic E-state index is 0.213. The van der Waals surface area contributed by atoms with Gasteiger partial charge in [0.05, 0.1) is 27.5 Å². The van der Waals surface area contributed by atoms with Gasteiger partial charge in [-0.1, -0.05) is 78.0 Å². The van der Waals surface area contributed by atoms with E-state index in [0.717, 1.165) is 274 Å². The normalized spacial score (nSPS) is 15.4. The molecular formula is C90H133N23. The van der Waals surface area contributed by atoms with Crippen LogP contribution in [0.4, 0.5) is 40.3 Å². The van der Waals surface area contributed by atoms with Crippen molar-refractivity contribution in [2.75, 3.05) is 130 Å². The molecule has 4 aromatic carbocycles. The Morgan fingerprint density at radius 3 is 1.35 bits per heavy atom. The maximum absolute atomic E-state index is 6.26. The average molecular weight is 1540 g/mol. The lowest BCUT2D eigenvalue weighted by molar-refractivity contribution is 0.128. The van der Waals surface area contributed by atoms with Gasteiger partial charge in [-0.25, -0.2) is 34.9 Å². The third-order valence-corrected chi connectivity index (χ3v) is 23.5. The molecule has 0 bridgehead atoms. The van der Waals surface area contributed by atoms with Crippen LogP contribution in [0, 0.1) is 0 Å². The molecule has 3 fully saturated rings. The van der Waals surface area contributed by atoms with Crippen molar-refractivity contribution in [3.8, 4) is 0 Å². The van der Waals surface area contributed by atoms with Gasteiger partial charge in [0.15, 0.2) is 5.82 Å². The molecule has 23 nitrogen and oxygen atoms in total. The van der Waals surface area contributed by atoms with Gasteiger partial charge in [0.25, 0.3) is 0 Å². The van der Waals surface area contributed by atoms with E-state index in [9.17, 15) is 0 Å². The van der Waals surface area contributed by atoms with Crippen LogP contribution in [0.15, 0.2) is 79.0 Å². The first-order valence-corrected chi connectivity index (χ1v) is 42.4. The number of nitrogens with zero attached hydrogens (tertiary/aromatic N) is 16. The van der Waals surface area contributed by atoms with Crippen LogP contribution < -0.4 is 37.6 Å². The first-order valence-electron chi connectivity index (χ1n) is 42.4. The number of imidazole rings is 3. The zero-order chi connectivity index (χ0) is 80.7. The predicted octanol–water partition coefficient (Wildman–Crippen LogP) is 17.3. The van der Waals surface area contributed by atoms with Crippen LogP contribution in [0.25, 0.3) is 87.6 Å². The minimum absolute atomic E-state index is 0.213. The number of aryl methyl sites for hydroxylation is 5. The molecule has 0 atom stereocenters. The molecule has 8 aromatic heterocycles. The molecule has 3 aliphatic rings. The highest BCUT2D eigenvalue weighted by Gasteiger charge is 2.31. The molecule has 0 amide bonds. The van der Waals surface area contributed by atoms with Gasteiger partial charge in [-0.3, -0.25) is 19.4 Å². The van der Waals surface area contributed by atoms with Crippen LogP contribution in [0.1, 0.15) is 204 Å². The third kappa shape index (κ3) is 19.8. The predicted molar refractivity (Wildman–Crippen MR) is 478 cm³/mol. The van der Waals surface area contributed by atoms with Crippen LogP contribution in [-0.4, -0.2) is 194 Å². The van der Waals surface area contributed by atoms with Crippen molar-refractivity contribution >= 4 is 128 Å². The number of anilines is 7. The lowest BCUT2D eigenvalue weighted by Gasteiger charge is -2.43. The Labute approximate surface area is 671 Å². The van der Waals surface area contributed by atoms with E-state index < -0.39 is 0 Å². The molecule has 12 aromatic rings. The Kier molecular flexibility index (Phi) is 26.3. The van der Waals surface area contributed by atoms with Gasteiger partial charge in [0.2, 0.25) is 0 Å². The summed E-state index contributed by atoms with van der Waals surface area (Å²) >= 11 is 0. The fourth-order valence-electron chi connectivity index (χ4n) is 16.0. The van der Waals surface area contributed by atoms with E-state index in [4.69, 9.17) is 37.9 Å². The second-order valence-electron chi connectivity index (χ2n) is 35.8. The van der Waals surface area contributed by atoms with Crippen LogP contribution in [0.2, 0.25) is 0 Å². The number of aromatic nitrogens is 12. The second kappa shape index (κ2) is 35.7. The Morgan fingerprint density at radius 2 is 0.841 bits per heavy atom. The number of piperazine rings is 3. The molecule has 3 saturated heterocycles. The number of H-pyrrole nitrogens is 3. The number of rotatable bonds is 21. The largest absolute Gasteiger partial charge is 0.382 e. The Hall–Kier alpha value is -9.16. The second-order valence-corrected chi connectivity index (χ2v) is 35.8. The van der Waals surface area contributed by atoms with Gasteiger partial charge >= 0.3 is 0 Å². The summed E-state index contributed by atoms with van der Waals surface area (Å²) in [6, 6.07) is 26.0. The van der Waals surface area contributed by atoms with E-state index in [1.807, 2.05) is 10.7 Å². The van der Waals surface area contributed by atoms with Crippen molar-refractivity contribution in [1.82, 2.24) is 79.2 Å². The van der Waals surface area contributed by atoms with E-state index in [2.05, 4.69) is 265 Å². The number of hydrogen-bond acceptors (Lipinski definition) is 19. The van der Waals surface area contributed by atoms with Crippen molar-refractivity contribution < 1.29 is 0 Å². The highest BCUT2D eigenvalue weighted by atomic mass is 15.3. The van der Waals surface area contributed by atoms with Gasteiger partial charge in [-0.05, 0) is 202 Å². The maximum Gasteiger partial charge on any atom is 0.152 e. The van der Waals surface area contributed by atoms with E-state index in [1.54, 1.807) is 0 Å². The highest BCUT2D eigenvalue weighted by molar-refractivity contribution is 6.13. The molecule has 0 spiro atoms. The third-order valence-electron chi connectivity index (χ3n) is 23.5. The van der Waals surface area contributed by atoms with Crippen LogP contribution >= 0.6 is 0 Å². The van der Waals surface area contributed by atoms with Gasteiger partial charge < -0.3 is 57.5 Å². The first kappa shape index (κ1) is 83.3. The molecule has 0 unspecified atom stereocenters. The fourth-order valence-corrected chi connectivity index (χ4v) is 16.0. The highest BCUT2D eigenvalue weighted by Crippen LogP contribution is 2.38. The standard InChI is InChI=1S/C24H37N5.3C22H32N6/c1-6-7-12-20-27-21-18-14-13-17(16-19(18)26-23(25)22(21)28-20)11-9-8-10-15-29(5)24(2,3)4;1-5-6-10-17-25-19-18-15(24-21(23)20(19)26-17)8-7-9-16(18)27-11-13-28(14-12-27)22(2,3)4;1-5-6-9-28-15-18-17-14-16(7-8-19(17)24-21(23)20(18)25-28)26-10-12-27(13-11-26)22(2,3)4;1-5-6-7-18-25-19-16-9-8-15(14-17(16)24-21(23)20(19)26-18)27-10-12-28(13-11-27)22(2,3)4/h13-14,16H,6-12,15H2,1-5H3,(H2,25,26)(H,27,28);7-9H,5-6,10-14H2,1-4H3,(H2,23,24)(H,25,26);7-8,14-15H,5-6,9-13H2,1-4H3,(H2,23,24);8-9,14H,5-7,10-13H2,1-4H3,(H2,23,24)(H,25,26). The summed E-state index contributed by atoms with van der Waals surface area (Å²) in [5.41, 5.74) is 40.9. The zero-order valence-corrected chi connectivity index (χ0v) is 71.5. The maximum atomic E-state index is 6.26. The Bertz CT molecular complexity index is 5160. The van der Waals surface area contributed by atoms with E-state index >= 15 is 0 Å². The molecule has 0 aliphatic carbocycles. The van der Waals surface area contributed by atoms with Crippen molar-refractivity contribution in [2.45, 2.75) is 236 Å². The summed E-state index contributed by atoms with van der Waals surface area (Å²) in [5.74, 6) is 5.15. The molecule has 23 heteroatoms. The Balaban J connectivity index is 0.000000140. The summed E-state index contributed by atoms with van der Waals surface area (Å²) in [7, 11) is 2.21. The summed E-state index contributed by atoms with van der Waals surface area (Å²) in [6.07, 6.45) is 18.8. The lowest BCUT2D eigenvalue weighted by atomic mass is 10.0. The molecule has 15 rings (SSSR count). The van der Waals surface area contributed by atoms with Crippen LogP contribution in [0.3, 0.4) is 0 Å². The number of aromatic amines is 3. The molecule has 608 valence electrons. The number of benzene rings is 4. The van der Waals surface area contributed by atoms with Crippen molar-refractivity contribution in [3.05, 3.63) is 102 Å². The summed E-state index contributed by atoms with van der Waals surface area (Å²) < 4.78 is 2.01. The smallest absolute Gasteiger partial charge is 0.152 e. The monoisotopic (exact) mass is 1540 g/mol. The Morgan fingerprint density at radius 1 is 0.389 bits per heavy atom. The quantitative estimate of drug-likeness (QED) is 0.0329. The SMILES string of the molecule is CCCCc1nc2c([nH]1)c(N)nc1cc(CCCCCN(C)C(C)(C)C)ccc12.CCCCc1nc2c([nH]1)c(N)nc1cc(N3CCN(C(C)(C)C)CC3)ccc12.CCCCc1nc2c([nH]1)c(N)nc1cccc(N3CCN(C(C)(C)C)CC3)c12.CCCCn1cc2c(n1)c(N)nc1ccc(N3CCN(C(C)(C)C)CC3)cc12. The number of nitrogen functional groups attached to an aromatic ring is 4.